The molecule has 0 aliphatic carbocycles. The van der Waals surface area contributed by atoms with Gasteiger partial charge in [0.1, 0.15) is 5.71 Å². The first-order chi connectivity index (χ1) is 6.92. The van der Waals surface area contributed by atoms with Gasteiger partial charge in [-0.1, -0.05) is 28.9 Å². The molecule has 0 aromatic heterocycles. The van der Waals surface area contributed by atoms with Gasteiger partial charge in [0.2, 0.25) is 0 Å². The Morgan fingerprint density at radius 3 is 2.67 bits per heavy atom. The number of nitrogens with zero attached hydrogens (tertiary/aromatic N) is 1. The van der Waals surface area contributed by atoms with Gasteiger partial charge in [-0.15, -0.1) is 0 Å². The maximum absolute atomic E-state index is 11.0. The predicted molar refractivity (Wildman–Crippen MR) is 59.5 cm³/mol. The number of sulfone groups is 1. The molecule has 6 heteroatoms. The monoisotopic (exact) mass is 247 g/mol. The van der Waals surface area contributed by atoms with Gasteiger partial charge in [0.15, 0.2) is 9.84 Å². The number of hydrogen-bond donors (Lipinski definition) is 1. The molecular formula is C9H10ClNO3S. The molecule has 0 heterocycles. The summed E-state index contributed by atoms with van der Waals surface area (Å²) in [6.07, 6.45) is 1.07. The molecule has 0 unspecified atom stereocenters. The molecule has 15 heavy (non-hydrogen) atoms. The van der Waals surface area contributed by atoms with Crippen LogP contribution in [0.15, 0.2) is 29.4 Å². The van der Waals surface area contributed by atoms with Gasteiger partial charge >= 0.3 is 0 Å². The average Bonchev–Trinajstić information content (AvgIpc) is 2.13. The van der Waals surface area contributed by atoms with Crippen LogP contribution in [0, 0.1) is 0 Å². The molecule has 0 aliphatic heterocycles. The molecule has 0 saturated carbocycles. The van der Waals surface area contributed by atoms with Crippen LogP contribution in [0.4, 0.5) is 0 Å². The number of oxime groups is 1. The van der Waals surface area contributed by atoms with Crippen molar-refractivity contribution in [2.24, 2.45) is 5.16 Å². The highest BCUT2D eigenvalue weighted by atomic mass is 35.5. The van der Waals surface area contributed by atoms with E-state index < -0.39 is 9.84 Å². The second-order valence-corrected chi connectivity index (χ2v) is 5.70. The van der Waals surface area contributed by atoms with E-state index in [1.165, 1.54) is 0 Å². The van der Waals surface area contributed by atoms with Crippen LogP contribution in [0.1, 0.15) is 5.56 Å². The van der Waals surface area contributed by atoms with Crippen LogP contribution in [-0.4, -0.2) is 31.3 Å². The summed E-state index contributed by atoms with van der Waals surface area (Å²) < 4.78 is 22.1. The van der Waals surface area contributed by atoms with E-state index in [1.807, 2.05) is 0 Å². The van der Waals surface area contributed by atoms with E-state index in [4.69, 9.17) is 16.8 Å². The zero-order valence-corrected chi connectivity index (χ0v) is 9.59. The van der Waals surface area contributed by atoms with Crippen molar-refractivity contribution in [1.29, 1.82) is 0 Å². The van der Waals surface area contributed by atoms with Gasteiger partial charge in [-0.25, -0.2) is 8.42 Å². The van der Waals surface area contributed by atoms with Crippen molar-refractivity contribution in [2.45, 2.75) is 0 Å². The van der Waals surface area contributed by atoms with E-state index in [0.717, 1.165) is 6.26 Å². The normalized spacial score (nSPS) is 12.8. The Labute approximate surface area is 93.1 Å². The lowest BCUT2D eigenvalue weighted by Gasteiger charge is -2.03. The first-order valence-corrected chi connectivity index (χ1v) is 6.51. The van der Waals surface area contributed by atoms with Crippen LogP contribution in [0.25, 0.3) is 0 Å². The molecule has 82 valence electrons. The van der Waals surface area contributed by atoms with Crippen molar-refractivity contribution >= 4 is 27.1 Å². The van der Waals surface area contributed by atoms with Gasteiger partial charge in [-0.2, -0.15) is 0 Å². The molecule has 0 fully saturated rings. The molecule has 1 N–H and O–H groups in total. The Morgan fingerprint density at radius 1 is 1.53 bits per heavy atom. The Hall–Kier alpha value is -1.07. The minimum absolute atomic E-state index is 0.0833. The number of hydrogen-bond acceptors (Lipinski definition) is 4. The van der Waals surface area contributed by atoms with Crippen molar-refractivity contribution in [3.63, 3.8) is 0 Å². The highest BCUT2D eigenvalue weighted by Crippen LogP contribution is 2.12. The van der Waals surface area contributed by atoms with E-state index in [-0.39, 0.29) is 11.5 Å². The summed E-state index contributed by atoms with van der Waals surface area (Å²) in [7, 11) is -3.23. The van der Waals surface area contributed by atoms with E-state index in [2.05, 4.69) is 5.16 Å². The summed E-state index contributed by atoms with van der Waals surface area (Å²) in [6.45, 7) is 0. The highest BCUT2D eigenvalue weighted by molar-refractivity contribution is 7.91. The molecule has 0 radical (unpaired) electrons. The first kappa shape index (κ1) is 12.0. The lowest BCUT2D eigenvalue weighted by atomic mass is 10.1. The summed E-state index contributed by atoms with van der Waals surface area (Å²) in [6, 6.07) is 6.49. The summed E-state index contributed by atoms with van der Waals surface area (Å²) >= 11 is 5.73. The first-order valence-electron chi connectivity index (χ1n) is 4.07. The smallest absolute Gasteiger partial charge is 0.153 e. The van der Waals surface area contributed by atoms with Crippen LogP contribution < -0.4 is 0 Å². The molecule has 0 spiro atoms. The number of halogens is 1. The fourth-order valence-electron chi connectivity index (χ4n) is 1.09. The highest BCUT2D eigenvalue weighted by Gasteiger charge is 2.12. The van der Waals surface area contributed by atoms with E-state index in [0.29, 0.717) is 10.6 Å². The van der Waals surface area contributed by atoms with E-state index in [1.54, 1.807) is 24.3 Å². The lowest BCUT2D eigenvalue weighted by molar-refractivity contribution is 0.319. The fraction of sp³-hybridized carbons (Fsp3) is 0.222. The molecule has 0 amide bonds. The van der Waals surface area contributed by atoms with Gasteiger partial charge < -0.3 is 5.21 Å². The van der Waals surface area contributed by atoms with Crippen LogP contribution in [0.5, 0.6) is 0 Å². The summed E-state index contributed by atoms with van der Waals surface area (Å²) in [4.78, 5) is 0. The number of rotatable bonds is 3. The molecular weight excluding hydrogens is 238 g/mol. The quantitative estimate of drug-likeness (QED) is 0.501. The summed E-state index contributed by atoms with van der Waals surface area (Å²) in [5, 5.41) is 12.1. The molecule has 1 aromatic carbocycles. The third kappa shape index (κ3) is 3.89. The van der Waals surface area contributed by atoms with E-state index in [9.17, 15) is 8.42 Å². The third-order valence-corrected chi connectivity index (χ3v) is 2.71. The predicted octanol–water partition coefficient (Wildman–Crippen LogP) is 1.56. The van der Waals surface area contributed by atoms with Crippen LogP contribution in [0.3, 0.4) is 0 Å². The molecule has 0 aliphatic rings. The van der Waals surface area contributed by atoms with Gasteiger partial charge in [0.25, 0.3) is 0 Å². The topological polar surface area (TPSA) is 66.7 Å². The fourth-order valence-corrected chi connectivity index (χ4v) is 2.00. The second-order valence-electron chi connectivity index (χ2n) is 3.13. The Bertz CT molecular complexity index is 482. The van der Waals surface area contributed by atoms with Crippen molar-refractivity contribution in [3.8, 4) is 0 Å². The second kappa shape index (κ2) is 4.63. The van der Waals surface area contributed by atoms with Crippen molar-refractivity contribution in [1.82, 2.24) is 0 Å². The van der Waals surface area contributed by atoms with Crippen LogP contribution >= 0.6 is 11.6 Å². The standard InChI is InChI=1S/C9H10ClNO3S/c1-15(13,14)6-9(11-12)7-3-2-4-8(10)5-7/h2-5,12H,6H2,1H3/b11-9+. The zero-order chi connectivity index (χ0) is 11.5. The third-order valence-electron chi connectivity index (χ3n) is 1.68. The largest absolute Gasteiger partial charge is 0.411 e. The van der Waals surface area contributed by atoms with Gasteiger partial charge in [0.05, 0.1) is 5.75 Å². The van der Waals surface area contributed by atoms with Crippen molar-refractivity contribution in [3.05, 3.63) is 34.9 Å². The SMILES string of the molecule is CS(=O)(=O)C/C(=N\O)c1cccc(Cl)c1. The minimum atomic E-state index is -3.23. The Kier molecular flexibility index (Phi) is 3.71. The lowest BCUT2D eigenvalue weighted by Crippen LogP contribution is -2.15. The van der Waals surface area contributed by atoms with E-state index >= 15 is 0 Å². The minimum Gasteiger partial charge on any atom is -0.411 e. The maximum Gasteiger partial charge on any atom is 0.153 e. The average molecular weight is 248 g/mol. The van der Waals surface area contributed by atoms with Gasteiger partial charge in [-0.05, 0) is 12.1 Å². The molecule has 1 rings (SSSR count). The summed E-state index contributed by atoms with van der Waals surface area (Å²) in [5.41, 5.74) is 0.579. The molecule has 4 nitrogen and oxygen atoms in total. The molecule has 1 aromatic rings. The Morgan fingerprint density at radius 2 is 2.20 bits per heavy atom. The Balaban J connectivity index is 3.05. The van der Waals surface area contributed by atoms with Crippen LogP contribution in [0.2, 0.25) is 5.02 Å². The maximum atomic E-state index is 11.0. The molecule has 0 atom stereocenters. The van der Waals surface area contributed by atoms with Crippen molar-refractivity contribution in [2.75, 3.05) is 12.0 Å². The molecule has 0 saturated heterocycles. The van der Waals surface area contributed by atoms with Gasteiger partial charge in [-0.3, -0.25) is 0 Å². The number of benzene rings is 1. The van der Waals surface area contributed by atoms with Crippen molar-refractivity contribution < 1.29 is 13.6 Å². The summed E-state index contributed by atoms with van der Waals surface area (Å²) in [5.74, 6) is -0.316. The van der Waals surface area contributed by atoms with Crippen LogP contribution in [-0.2, 0) is 9.84 Å². The molecule has 0 bridgehead atoms. The zero-order valence-electron chi connectivity index (χ0n) is 8.01. The van der Waals surface area contributed by atoms with Gasteiger partial charge in [0, 0.05) is 16.8 Å².